The van der Waals surface area contributed by atoms with Crippen LogP contribution in [-0.4, -0.2) is 34.1 Å². The van der Waals surface area contributed by atoms with E-state index in [0.29, 0.717) is 5.82 Å². The zero-order valence-corrected chi connectivity index (χ0v) is 9.13. The third kappa shape index (κ3) is 2.31. The number of hydrogen-bond acceptors (Lipinski definition) is 5. The maximum Gasteiger partial charge on any atom is 0.153 e. The number of anilines is 1. The fourth-order valence-electron chi connectivity index (χ4n) is 1.41. The van der Waals surface area contributed by atoms with E-state index in [4.69, 9.17) is 9.42 Å². The van der Waals surface area contributed by atoms with E-state index in [1.54, 1.807) is 12.3 Å². The Morgan fingerprint density at radius 1 is 1.67 bits per heavy atom. The van der Waals surface area contributed by atoms with Crippen molar-refractivity contribution in [2.45, 2.75) is 6.10 Å². The lowest BCUT2D eigenvalue weighted by atomic mass is 10.2. The Morgan fingerprint density at radius 3 is 3.13 bits per heavy atom. The van der Waals surface area contributed by atoms with Gasteiger partial charge >= 0.3 is 0 Å². The van der Waals surface area contributed by atoms with Crippen molar-refractivity contribution in [2.24, 2.45) is 0 Å². The van der Waals surface area contributed by atoms with Crippen LogP contribution in [0.15, 0.2) is 18.8 Å². The van der Waals surface area contributed by atoms with Gasteiger partial charge in [0.1, 0.15) is 5.82 Å². The van der Waals surface area contributed by atoms with Gasteiger partial charge in [-0.3, -0.25) is 0 Å². The fourth-order valence-corrected chi connectivity index (χ4v) is 1.71. The summed E-state index contributed by atoms with van der Waals surface area (Å²) in [6.45, 7) is 5.15. The second-order valence-electron chi connectivity index (χ2n) is 3.21. The van der Waals surface area contributed by atoms with Gasteiger partial charge in [0.15, 0.2) is 14.9 Å². The first-order valence-electron chi connectivity index (χ1n) is 4.58. The van der Waals surface area contributed by atoms with Gasteiger partial charge in [-0.05, 0) is 12.1 Å². The van der Waals surface area contributed by atoms with E-state index in [9.17, 15) is 0 Å². The van der Waals surface area contributed by atoms with Gasteiger partial charge in [-0.25, -0.2) is 9.97 Å². The molecule has 6 heteroatoms. The van der Waals surface area contributed by atoms with Gasteiger partial charge in [-0.1, -0.05) is 6.58 Å². The Morgan fingerprint density at radius 2 is 2.47 bits per heavy atom. The molecule has 0 aromatic carbocycles. The number of hydrogen-bond donors (Lipinski definition) is 1. The van der Waals surface area contributed by atoms with E-state index < -0.39 is 9.03 Å². The molecular formula is C9H12N3O2P. The van der Waals surface area contributed by atoms with Crippen molar-refractivity contribution in [3.05, 3.63) is 24.7 Å². The van der Waals surface area contributed by atoms with Crippen LogP contribution in [0, 0.1) is 0 Å². The molecule has 0 aliphatic carbocycles. The van der Waals surface area contributed by atoms with Crippen molar-refractivity contribution in [1.29, 1.82) is 0 Å². The molecule has 0 spiro atoms. The molecule has 1 aliphatic rings. The van der Waals surface area contributed by atoms with Gasteiger partial charge in [-0.15, -0.1) is 0 Å². The van der Waals surface area contributed by atoms with Crippen LogP contribution < -0.4 is 4.90 Å². The van der Waals surface area contributed by atoms with E-state index in [1.807, 2.05) is 6.07 Å². The van der Waals surface area contributed by atoms with E-state index in [2.05, 4.69) is 21.4 Å². The van der Waals surface area contributed by atoms with Gasteiger partial charge in [0.2, 0.25) is 0 Å². The SMILES string of the molecule is C=Cc1nccc(N2CC(OPO)C2)n1. The van der Waals surface area contributed by atoms with Crippen LogP contribution in [0.4, 0.5) is 5.82 Å². The van der Waals surface area contributed by atoms with Crippen LogP contribution in [0.2, 0.25) is 0 Å². The van der Waals surface area contributed by atoms with Gasteiger partial charge in [0.25, 0.3) is 0 Å². The van der Waals surface area contributed by atoms with Gasteiger partial charge < -0.3 is 14.3 Å². The van der Waals surface area contributed by atoms with Crippen LogP contribution in [0.1, 0.15) is 5.82 Å². The smallest absolute Gasteiger partial charge is 0.153 e. The molecule has 1 unspecified atom stereocenters. The molecule has 1 atom stereocenters. The summed E-state index contributed by atoms with van der Waals surface area (Å²) in [5.41, 5.74) is 0. The lowest BCUT2D eigenvalue weighted by molar-refractivity contribution is 0.177. The highest BCUT2D eigenvalue weighted by Gasteiger charge is 2.28. The summed E-state index contributed by atoms with van der Waals surface area (Å²) in [4.78, 5) is 19.0. The molecule has 0 bridgehead atoms. The minimum atomic E-state index is -0.434. The maximum absolute atomic E-state index is 8.59. The minimum absolute atomic E-state index is 0.121. The van der Waals surface area contributed by atoms with Gasteiger partial charge in [0, 0.05) is 19.3 Å². The molecule has 0 radical (unpaired) electrons. The lowest BCUT2D eigenvalue weighted by Gasteiger charge is -2.38. The molecular weight excluding hydrogens is 213 g/mol. The summed E-state index contributed by atoms with van der Waals surface area (Å²) in [6, 6.07) is 1.85. The number of aromatic nitrogens is 2. The molecule has 2 heterocycles. The Bertz CT molecular complexity index is 355. The summed E-state index contributed by atoms with van der Waals surface area (Å²) in [5.74, 6) is 1.50. The molecule has 80 valence electrons. The molecule has 2 rings (SSSR count). The molecule has 0 amide bonds. The second kappa shape index (κ2) is 4.66. The van der Waals surface area contributed by atoms with Crippen molar-refractivity contribution in [3.8, 4) is 0 Å². The molecule has 1 saturated heterocycles. The third-order valence-corrected chi connectivity index (χ3v) is 2.67. The van der Waals surface area contributed by atoms with E-state index in [1.165, 1.54) is 0 Å². The normalized spacial score (nSPS) is 17.0. The highest BCUT2D eigenvalue weighted by molar-refractivity contribution is 7.25. The summed E-state index contributed by atoms with van der Waals surface area (Å²) in [6.07, 6.45) is 3.45. The van der Waals surface area contributed by atoms with E-state index >= 15 is 0 Å². The molecule has 1 aromatic heterocycles. The Labute approximate surface area is 89.8 Å². The van der Waals surface area contributed by atoms with Crippen LogP contribution in [0.5, 0.6) is 0 Å². The summed E-state index contributed by atoms with van der Waals surface area (Å²) < 4.78 is 5.06. The highest BCUT2D eigenvalue weighted by Crippen LogP contribution is 2.23. The predicted octanol–water partition coefficient (Wildman–Crippen LogP) is 0.826. The van der Waals surface area contributed by atoms with Crippen molar-refractivity contribution in [1.82, 2.24) is 9.97 Å². The Hall–Kier alpha value is -1.03. The molecule has 1 fully saturated rings. The van der Waals surface area contributed by atoms with E-state index in [0.717, 1.165) is 18.9 Å². The average molecular weight is 225 g/mol. The summed E-state index contributed by atoms with van der Waals surface area (Å²) >= 11 is 0. The van der Waals surface area contributed by atoms with Crippen LogP contribution in [-0.2, 0) is 4.52 Å². The van der Waals surface area contributed by atoms with Crippen molar-refractivity contribution in [2.75, 3.05) is 18.0 Å². The first kappa shape index (κ1) is 10.5. The quantitative estimate of drug-likeness (QED) is 0.769. The average Bonchev–Trinajstić information content (AvgIpc) is 2.23. The molecule has 5 nitrogen and oxygen atoms in total. The zero-order chi connectivity index (χ0) is 10.7. The van der Waals surface area contributed by atoms with Crippen LogP contribution >= 0.6 is 9.03 Å². The maximum atomic E-state index is 8.59. The van der Waals surface area contributed by atoms with Crippen molar-refractivity contribution < 1.29 is 9.42 Å². The zero-order valence-electron chi connectivity index (χ0n) is 8.13. The lowest BCUT2D eigenvalue weighted by Crippen LogP contribution is -2.51. The second-order valence-corrected chi connectivity index (χ2v) is 3.63. The predicted molar refractivity (Wildman–Crippen MR) is 59.7 cm³/mol. The largest absolute Gasteiger partial charge is 0.352 e. The Balaban J connectivity index is 1.97. The summed E-state index contributed by atoms with van der Waals surface area (Å²) in [5, 5.41) is 0. The monoisotopic (exact) mass is 225 g/mol. The molecule has 1 aliphatic heterocycles. The standard InChI is InChI=1S/C9H12N3O2P/c1-2-8-10-4-3-9(11-8)12-5-7(6-12)14-15-13/h2-4,7,13,15H,1,5-6H2. The van der Waals surface area contributed by atoms with E-state index in [-0.39, 0.29) is 6.10 Å². The third-order valence-electron chi connectivity index (χ3n) is 2.23. The molecule has 1 aromatic rings. The van der Waals surface area contributed by atoms with Crippen molar-refractivity contribution in [3.63, 3.8) is 0 Å². The highest BCUT2D eigenvalue weighted by atomic mass is 31.1. The van der Waals surface area contributed by atoms with Gasteiger partial charge in [0.05, 0.1) is 6.10 Å². The molecule has 1 N–H and O–H groups in total. The first-order valence-corrected chi connectivity index (χ1v) is 5.44. The number of rotatable bonds is 4. The first-order chi connectivity index (χ1) is 7.33. The van der Waals surface area contributed by atoms with Crippen molar-refractivity contribution >= 4 is 20.9 Å². The summed E-state index contributed by atoms with van der Waals surface area (Å²) in [7, 11) is -0.434. The molecule has 0 saturated carbocycles. The molecule has 15 heavy (non-hydrogen) atoms. The van der Waals surface area contributed by atoms with Crippen LogP contribution in [0.25, 0.3) is 6.08 Å². The topological polar surface area (TPSA) is 58.5 Å². The van der Waals surface area contributed by atoms with Crippen LogP contribution in [0.3, 0.4) is 0 Å². The Kier molecular flexibility index (Phi) is 3.26. The minimum Gasteiger partial charge on any atom is -0.352 e. The fraction of sp³-hybridized carbons (Fsp3) is 0.333. The van der Waals surface area contributed by atoms with Gasteiger partial charge in [-0.2, -0.15) is 0 Å². The number of nitrogens with zero attached hydrogens (tertiary/aromatic N) is 3.